The van der Waals surface area contributed by atoms with Gasteiger partial charge in [0.15, 0.2) is 0 Å². The largest absolute Gasteiger partial charge is 0.507 e. The molecule has 1 fully saturated rings. The van der Waals surface area contributed by atoms with Crippen LogP contribution in [0.2, 0.25) is 0 Å². The summed E-state index contributed by atoms with van der Waals surface area (Å²) < 4.78 is 4.68. The van der Waals surface area contributed by atoms with Crippen molar-refractivity contribution in [3.05, 3.63) is 23.3 Å². The normalized spacial score (nSPS) is 15.4. The maximum Gasteiger partial charge on any atom is 0.341 e. The van der Waals surface area contributed by atoms with Crippen molar-refractivity contribution in [2.45, 2.75) is 32.6 Å². The van der Waals surface area contributed by atoms with E-state index in [0.29, 0.717) is 5.56 Å². The molecule has 1 heterocycles. The summed E-state index contributed by atoms with van der Waals surface area (Å²) in [6.07, 6.45) is 0.172. The zero-order valence-electron chi connectivity index (χ0n) is 13.6. The highest BCUT2D eigenvalue weighted by molar-refractivity contribution is 6.16. The highest BCUT2D eigenvalue weighted by Gasteiger charge is 2.31. The number of hydrogen-bond acceptors (Lipinski definition) is 5. The van der Waals surface area contributed by atoms with Gasteiger partial charge in [-0.25, -0.2) is 14.5 Å². The summed E-state index contributed by atoms with van der Waals surface area (Å²) in [5, 5.41) is 13.0. The number of urea groups is 1. The first-order chi connectivity index (χ1) is 10.7. The quantitative estimate of drug-likeness (QED) is 0.812. The van der Waals surface area contributed by atoms with Crippen LogP contribution in [0, 0.1) is 0 Å². The Balaban J connectivity index is 2.66. The van der Waals surface area contributed by atoms with Crippen LogP contribution in [0.1, 0.15) is 43.1 Å². The fourth-order valence-electron chi connectivity index (χ4n) is 2.43. The molecule has 1 aliphatic heterocycles. The second-order valence-electron chi connectivity index (χ2n) is 6.34. The second-order valence-corrected chi connectivity index (χ2v) is 6.34. The first kappa shape index (κ1) is 16.8. The van der Waals surface area contributed by atoms with Gasteiger partial charge in [-0.1, -0.05) is 20.8 Å². The van der Waals surface area contributed by atoms with Gasteiger partial charge in [-0.15, -0.1) is 0 Å². The second kappa shape index (κ2) is 5.91. The number of nitrogens with zero attached hydrogens (tertiary/aromatic N) is 1. The van der Waals surface area contributed by atoms with E-state index >= 15 is 0 Å². The summed E-state index contributed by atoms with van der Waals surface area (Å²) in [5.74, 6) is -1.31. The van der Waals surface area contributed by atoms with Crippen LogP contribution in [0.25, 0.3) is 0 Å². The fourth-order valence-corrected chi connectivity index (χ4v) is 2.43. The van der Waals surface area contributed by atoms with E-state index in [0.717, 1.165) is 4.90 Å². The molecule has 0 saturated carbocycles. The molecule has 1 saturated heterocycles. The first-order valence-corrected chi connectivity index (χ1v) is 7.23. The van der Waals surface area contributed by atoms with E-state index in [2.05, 4.69) is 10.1 Å². The van der Waals surface area contributed by atoms with Crippen molar-refractivity contribution in [3.63, 3.8) is 0 Å². The van der Waals surface area contributed by atoms with Crippen molar-refractivity contribution in [2.24, 2.45) is 0 Å². The molecule has 0 bridgehead atoms. The minimum absolute atomic E-state index is 0.0823. The van der Waals surface area contributed by atoms with Crippen LogP contribution in [0.15, 0.2) is 12.1 Å². The van der Waals surface area contributed by atoms with Gasteiger partial charge < -0.3 is 15.2 Å². The third-order valence-corrected chi connectivity index (χ3v) is 3.63. The summed E-state index contributed by atoms with van der Waals surface area (Å²) in [5.41, 5.74) is 0.0936. The molecule has 1 aromatic rings. The molecule has 0 aromatic heterocycles. The number of hydrogen-bond donors (Lipinski definition) is 2. The van der Waals surface area contributed by atoms with E-state index in [1.54, 1.807) is 6.07 Å². The van der Waals surface area contributed by atoms with Crippen LogP contribution in [0.3, 0.4) is 0 Å². The average Bonchev–Trinajstić information content (AvgIpc) is 2.46. The summed E-state index contributed by atoms with van der Waals surface area (Å²) in [6, 6.07) is 2.28. The number of phenols is 1. The molecule has 7 heteroatoms. The number of rotatable bonds is 2. The van der Waals surface area contributed by atoms with Gasteiger partial charge >= 0.3 is 12.0 Å². The number of aromatic hydroxyl groups is 1. The van der Waals surface area contributed by atoms with Crippen LogP contribution < -0.4 is 10.2 Å². The number of nitrogens with one attached hydrogen (secondary N) is 1. The van der Waals surface area contributed by atoms with Crippen molar-refractivity contribution < 1.29 is 24.2 Å². The van der Waals surface area contributed by atoms with Crippen molar-refractivity contribution in [2.75, 3.05) is 18.6 Å². The topological polar surface area (TPSA) is 95.9 Å². The number of anilines is 1. The molecule has 0 unspecified atom stereocenters. The summed E-state index contributed by atoms with van der Waals surface area (Å²) in [7, 11) is 1.20. The van der Waals surface area contributed by atoms with Gasteiger partial charge in [-0.3, -0.25) is 4.79 Å². The third-order valence-electron chi connectivity index (χ3n) is 3.63. The molecule has 3 amide bonds. The molecule has 1 aliphatic rings. The number of carbonyl (C=O) groups is 3. The zero-order valence-corrected chi connectivity index (χ0v) is 13.6. The number of carbonyl (C=O) groups excluding carboxylic acids is 3. The number of methoxy groups -OCH3 is 1. The van der Waals surface area contributed by atoms with Crippen LogP contribution in [-0.4, -0.2) is 36.7 Å². The number of phenolic OH excluding ortho intramolecular Hbond substituents is 1. The van der Waals surface area contributed by atoms with E-state index in [1.807, 2.05) is 20.8 Å². The van der Waals surface area contributed by atoms with E-state index in [-0.39, 0.29) is 35.9 Å². The van der Waals surface area contributed by atoms with E-state index in [1.165, 1.54) is 13.2 Å². The zero-order chi connectivity index (χ0) is 17.4. The molecule has 2 N–H and O–H groups in total. The van der Waals surface area contributed by atoms with Gasteiger partial charge in [0.05, 0.1) is 12.8 Å². The Morgan fingerprint density at radius 1 is 1.30 bits per heavy atom. The predicted octanol–water partition coefficient (Wildman–Crippen LogP) is 1.92. The fraction of sp³-hybridized carbons (Fsp3) is 0.438. The minimum atomic E-state index is -0.736. The summed E-state index contributed by atoms with van der Waals surface area (Å²) >= 11 is 0. The van der Waals surface area contributed by atoms with Gasteiger partial charge in [0.25, 0.3) is 0 Å². The monoisotopic (exact) mass is 320 g/mol. The molecule has 23 heavy (non-hydrogen) atoms. The molecule has 1 aromatic carbocycles. The maximum absolute atomic E-state index is 12.1. The Hall–Kier alpha value is -2.57. The average molecular weight is 320 g/mol. The van der Waals surface area contributed by atoms with Crippen molar-refractivity contribution >= 4 is 23.6 Å². The van der Waals surface area contributed by atoms with Gasteiger partial charge in [-0.05, 0) is 17.5 Å². The number of benzene rings is 1. The molecular formula is C16H20N2O5. The number of ether oxygens (including phenoxy) is 1. The van der Waals surface area contributed by atoms with Crippen LogP contribution in [0.4, 0.5) is 10.5 Å². The van der Waals surface area contributed by atoms with Crippen LogP contribution >= 0.6 is 0 Å². The Bertz CT molecular complexity index is 660. The van der Waals surface area contributed by atoms with E-state index in [9.17, 15) is 19.5 Å². The molecular weight excluding hydrogens is 300 g/mol. The molecule has 2 rings (SSSR count). The molecule has 7 nitrogen and oxygen atoms in total. The van der Waals surface area contributed by atoms with E-state index < -0.39 is 17.4 Å². The van der Waals surface area contributed by atoms with Crippen LogP contribution in [-0.2, 0) is 14.9 Å². The smallest absolute Gasteiger partial charge is 0.341 e. The van der Waals surface area contributed by atoms with Crippen LogP contribution in [0.5, 0.6) is 5.75 Å². The molecule has 0 atom stereocenters. The molecule has 0 spiro atoms. The number of esters is 1. The number of amides is 3. The maximum atomic E-state index is 12.1. The Labute approximate surface area is 134 Å². The highest BCUT2D eigenvalue weighted by atomic mass is 16.5. The third kappa shape index (κ3) is 3.13. The predicted molar refractivity (Wildman–Crippen MR) is 83.6 cm³/mol. The molecule has 0 radical (unpaired) electrons. The minimum Gasteiger partial charge on any atom is -0.507 e. The van der Waals surface area contributed by atoms with E-state index in [4.69, 9.17) is 0 Å². The van der Waals surface area contributed by atoms with Gasteiger partial charge in [-0.2, -0.15) is 0 Å². The highest BCUT2D eigenvalue weighted by Crippen LogP contribution is 2.37. The lowest BCUT2D eigenvalue weighted by Gasteiger charge is -2.29. The van der Waals surface area contributed by atoms with Gasteiger partial charge in [0, 0.05) is 18.5 Å². The van der Waals surface area contributed by atoms with Gasteiger partial charge in [0.2, 0.25) is 5.91 Å². The van der Waals surface area contributed by atoms with Crippen molar-refractivity contribution in [1.29, 1.82) is 0 Å². The van der Waals surface area contributed by atoms with Crippen molar-refractivity contribution in [1.82, 2.24) is 5.32 Å². The molecule has 0 aliphatic carbocycles. The van der Waals surface area contributed by atoms with Gasteiger partial charge in [0.1, 0.15) is 11.3 Å². The first-order valence-electron chi connectivity index (χ1n) is 7.23. The lowest BCUT2D eigenvalue weighted by molar-refractivity contribution is -0.118. The SMILES string of the molecule is COC(=O)c1cc(N2C(=O)CCNC2=O)cc(C(C)(C)C)c1O. The lowest BCUT2D eigenvalue weighted by Crippen LogP contribution is -2.50. The Kier molecular flexibility index (Phi) is 4.31. The lowest BCUT2D eigenvalue weighted by atomic mass is 9.84. The molecule has 124 valence electrons. The Morgan fingerprint density at radius 3 is 2.48 bits per heavy atom. The summed E-state index contributed by atoms with van der Waals surface area (Å²) in [6.45, 7) is 5.84. The van der Waals surface area contributed by atoms with Crippen molar-refractivity contribution in [3.8, 4) is 5.75 Å². The Morgan fingerprint density at radius 2 is 1.96 bits per heavy atom. The summed E-state index contributed by atoms with van der Waals surface area (Å²) in [4.78, 5) is 37.0. The number of imide groups is 1. The standard InChI is InChI=1S/C16H20N2O5/c1-16(2,3)11-8-9(7-10(13(11)20)14(21)23-4)18-12(19)5-6-17-15(18)22/h7-8,20H,5-6H2,1-4H3,(H,17,22).